The first-order valence-corrected chi connectivity index (χ1v) is 4.61. The third-order valence-electron chi connectivity index (χ3n) is 1.30. The molecule has 0 aromatic heterocycles. The van der Waals surface area contributed by atoms with E-state index in [1.165, 1.54) is 0 Å². The second-order valence-corrected chi connectivity index (χ2v) is 2.70. The van der Waals surface area contributed by atoms with Crippen LogP contribution in [0.3, 0.4) is 0 Å². The molecule has 0 bridgehead atoms. The zero-order valence-electron chi connectivity index (χ0n) is 9.05. The van der Waals surface area contributed by atoms with Crippen LogP contribution in [0, 0.1) is 0 Å². The van der Waals surface area contributed by atoms with Crippen molar-refractivity contribution in [1.82, 2.24) is 0 Å². The lowest BCUT2D eigenvalue weighted by Gasteiger charge is -1.94. The van der Waals surface area contributed by atoms with Crippen LogP contribution in [-0.2, 0) is 14.3 Å². The first kappa shape index (κ1) is 14.8. The molecule has 0 aromatic carbocycles. The zero-order valence-corrected chi connectivity index (χ0v) is 9.05. The van der Waals surface area contributed by atoms with E-state index in [0.717, 1.165) is 0 Å². The Morgan fingerprint density at radius 1 is 1.08 bits per heavy atom. The summed E-state index contributed by atoms with van der Waals surface area (Å²) >= 11 is 0. The fourth-order valence-corrected chi connectivity index (χ4v) is 0.360. The van der Waals surface area contributed by atoms with Gasteiger partial charge in [0.15, 0.2) is 0 Å². The topological polar surface area (TPSA) is 43.4 Å². The zero-order chi connectivity index (χ0) is 10.7. The number of carbonyl (C=O) groups excluding carboxylic acids is 2. The molecule has 3 heteroatoms. The molecular weight excluding hydrogens is 168 g/mol. The highest BCUT2D eigenvalue weighted by Gasteiger charge is 1.89. The predicted molar refractivity (Wildman–Crippen MR) is 52.8 cm³/mol. The number of carbonyl (C=O) groups is 2. The molecule has 0 amide bonds. The number of rotatable bonds is 5. The second kappa shape index (κ2) is 11.3. The fourth-order valence-electron chi connectivity index (χ4n) is 0.360. The molecule has 0 saturated heterocycles. The van der Waals surface area contributed by atoms with Gasteiger partial charge in [-0.2, -0.15) is 0 Å². The van der Waals surface area contributed by atoms with Crippen molar-refractivity contribution >= 4 is 11.6 Å². The molecule has 0 unspecified atom stereocenters. The van der Waals surface area contributed by atoms with Crippen LogP contribution in [0.4, 0.5) is 0 Å². The van der Waals surface area contributed by atoms with Crippen LogP contribution in [0.5, 0.6) is 0 Å². The minimum absolute atomic E-state index is 0.193. The van der Waals surface area contributed by atoms with Crippen molar-refractivity contribution in [3.8, 4) is 0 Å². The van der Waals surface area contributed by atoms with Crippen molar-refractivity contribution < 1.29 is 14.3 Å². The molecule has 78 valence electrons. The van der Waals surface area contributed by atoms with E-state index in [1.54, 1.807) is 13.8 Å². The SMILES string of the molecule is CCC(C)=O.CCOCCC(C)=O. The average Bonchev–Trinajstić information content (AvgIpc) is 2.05. The molecule has 0 saturated carbocycles. The van der Waals surface area contributed by atoms with Gasteiger partial charge in [0.1, 0.15) is 11.6 Å². The number of ketones is 2. The van der Waals surface area contributed by atoms with E-state index in [0.29, 0.717) is 26.1 Å². The van der Waals surface area contributed by atoms with Crippen molar-refractivity contribution in [2.45, 2.75) is 40.5 Å². The molecule has 0 aromatic rings. The maximum absolute atomic E-state index is 10.2. The van der Waals surface area contributed by atoms with Crippen molar-refractivity contribution in [2.75, 3.05) is 13.2 Å². The highest BCUT2D eigenvalue weighted by Crippen LogP contribution is 1.82. The van der Waals surface area contributed by atoms with Gasteiger partial charge in [-0.25, -0.2) is 0 Å². The number of hydrogen-bond acceptors (Lipinski definition) is 3. The molecular formula is C10H20O3. The van der Waals surface area contributed by atoms with Gasteiger partial charge in [-0.15, -0.1) is 0 Å². The van der Waals surface area contributed by atoms with Crippen LogP contribution in [0.25, 0.3) is 0 Å². The Morgan fingerprint density at radius 3 is 1.77 bits per heavy atom. The highest BCUT2D eigenvalue weighted by molar-refractivity contribution is 5.75. The van der Waals surface area contributed by atoms with Crippen LogP contribution < -0.4 is 0 Å². The lowest BCUT2D eigenvalue weighted by Crippen LogP contribution is -1.98. The van der Waals surface area contributed by atoms with Gasteiger partial charge in [0.25, 0.3) is 0 Å². The summed E-state index contributed by atoms with van der Waals surface area (Å²) < 4.78 is 4.92. The van der Waals surface area contributed by atoms with Crippen LogP contribution in [0.2, 0.25) is 0 Å². The molecule has 0 aliphatic rings. The maximum Gasteiger partial charge on any atom is 0.132 e. The minimum atomic E-state index is 0.193. The van der Waals surface area contributed by atoms with Crippen LogP contribution in [0.1, 0.15) is 40.5 Å². The smallest absolute Gasteiger partial charge is 0.132 e. The summed E-state index contributed by atoms with van der Waals surface area (Å²) in [5, 5.41) is 0. The summed E-state index contributed by atoms with van der Waals surface area (Å²) in [5.41, 5.74) is 0. The summed E-state index contributed by atoms with van der Waals surface area (Å²) in [7, 11) is 0. The highest BCUT2D eigenvalue weighted by atomic mass is 16.5. The van der Waals surface area contributed by atoms with Gasteiger partial charge >= 0.3 is 0 Å². The molecule has 0 aliphatic carbocycles. The van der Waals surface area contributed by atoms with Gasteiger partial charge in [-0.3, -0.25) is 4.79 Å². The van der Waals surface area contributed by atoms with Crippen LogP contribution >= 0.6 is 0 Å². The Kier molecular flexibility index (Phi) is 12.9. The Morgan fingerprint density at radius 2 is 1.54 bits per heavy atom. The Hall–Kier alpha value is -0.700. The van der Waals surface area contributed by atoms with E-state index < -0.39 is 0 Å². The molecule has 0 N–H and O–H groups in total. The molecule has 0 radical (unpaired) electrons. The molecule has 0 rings (SSSR count). The molecule has 0 heterocycles. The molecule has 0 fully saturated rings. The van der Waals surface area contributed by atoms with E-state index in [4.69, 9.17) is 4.74 Å². The summed E-state index contributed by atoms with van der Waals surface area (Å²) in [6.07, 6.45) is 1.22. The summed E-state index contributed by atoms with van der Waals surface area (Å²) in [6, 6.07) is 0. The first-order chi connectivity index (χ1) is 6.04. The van der Waals surface area contributed by atoms with E-state index in [2.05, 4.69) is 0 Å². The van der Waals surface area contributed by atoms with E-state index in [-0.39, 0.29) is 11.6 Å². The fraction of sp³-hybridized carbons (Fsp3) is 0.800. The van der Waals surface area contributed by atoms with E-state index >= 15 is 0 Å². The normalized spacial score (nSPS) is 8.62. The third kappa shape index (κ3) is 24.6. The second-order valence-electron chi connectivity index (χ2n) is 2.70. The van der Waals surface area contributed by atoms with Crippen LogP contribution in [0.15, 0.2) is 0 Å². The lowest BCUT2D eigenvalue weighted by atomic mass is 10.3. The third-order valence-corrected chi connectivity index (χ3v) is 1.30. The number of hydrogen-bond donors (Lipinski definition) is 0. The van der Waals surface area contributed by atoms with Gasteiger partial charge in [-0.1, -0.05) is 6.92 Å². The Bertz CT molecular complexity index is 141. The number of Topliss-reactive ketones (excluding diaryl/α,β-unsaturated/α-hetero) is 2. The average molecular weight is 188 g/mol. The molecule has 3 nitrogen and oxygen atoms in total. The predicted octanol–water partition coefficient (Wildman–Crippen LogP) is 1.99. The first-order valence-electron chi connectivity index (χ1n) is 4.61. The van der Waals surface area contributed by atoms with E-state index in [9.17, 15) is 9.59 Å². The van der Waals surface area contributed by atoms with Gasteiger partial charge in [0, 0.05) is 19.4 Å². The van der Waals surface area contributed by atoms with E-state index in [1.807, 2.05) is 13.8 Å². The quantitative estimate of drug-likeness (QED) is 0.620. The minimum Gasteiger partial charge on any atom is -0.381 e. The Balaban J connectivity index is 0. The Labute approximate surface area is 80.5 Å². The van der Waals surface area contributed by atoms with Crippen molar-refractivity contribution in [1.29, 1.82) is 0 Å². The number of ether oxygens (including phenoxy) is 1. The van der Waals surface area contributed by atoms with Crippen molar-refractivity contribution in [3.63, 3.8) is 0 Å². The molecule has 0 atom stereocenters. The lowest BCUT2D eigenvalue weighted by molar-refractivity contribution is -0.118. The molecule has 13 heavy (non-hydrogen) atoms. The van der Waals surface area contributed by atoms with Crippen molar-refractivity contribution in [3.05, 3.63) is 0 Å². The summed E-state index contributed by atoms with van der Waals surface area (Å²) in [4.78, 5) is 20.1. The van der Waals surface area contributed by atoms with Gasteiger partial charge < -0.3 is 9.53 Å². The standard InChI is InChI=1S/C6H12O2.C4H8O/c1-3-8-5-4-6(2)7;1-3-4(2)5/h3-5H2,1-2H3;3H2,1-2H3. The van der Waals surface area contributed by atoms with Crippen molar-refractivity contribution in [2.24, 2.45) is 0 Å². The van der Waals surface area contributed by atoms with Gasteiger partial charge in [-0.05, 0) is 20.8 Å². The molecule has 0 aliphatic heterocycles. The maximum atomic E-state index is 10.2. The van der Waals surface area contributed by atoms with Crippen LogP contribution in [-0.4, -0.2) is 24.8 Å². The monoisotopic (exact) mass is 188 g/mol. The summed E-state index contributed by atoms with van der Waals surface area (Å²) in [5.74, 6) is 0.448. The largest absolute Gasteiger partial charge is 0.381 e. The molecule has 0 spiro atoms. The van der Waals surface area contributed by atoms with Gasteiger partial charge in [0.05, 0.1) is 6.61 Å². The summed E-state index contributed by atoms with van der Waals surface area (Å²) in [6.45, 7) is 8.20. The van der Waals surface area contributed by atoms with Gasteiger partial charge in [0.2, 0.25) is 0 Å².